The first-order chi connectivity index (χ1) is 11.2. The van der Waals surface area contributed by atoms with E-state index in [-0.39, 0.29) is 0 Å². The van der Waals surface area contributed by atoms with Gasteiger partial charge in [0.2, 0.25) is 0 Å². The summed E-state index contributed by atoms with van der Waals surface area (Å²) >= 11 is 3.58. The highest BCUT2D eigenvalue weighted by molar-refractivity contribution is 7.13. The average Bonchev–Trinajstić information content (AvgIpc) is 3.17. The lowest BCUT2D eigenvalue weighted by atomic mass is 10.1. The van der Waals surface area contributed by atoms with Crippen molar-refractivity contribution < 1.29 is 0 Å². The van der Waals surface area contributed by atoms with Gasteiger partial charge in [-0.15, -0.1) is 28.6 Å². The van der Waals surface area contributed by atoms with Crippen LogP contribution in [-0.2, 0) is 13.0 Å². The summed E-state index contributed by atoms with van der Waals surface area (Å²) in [5, 5.41) is 5.57. The Kier molecular flexibility index (Phi) is 6.76. The summed E-state index contributed by atoms with van der Waals surface area (Å²) in [4.78, 5) is 3.90. The van der Waals surface area contributed by atoms with Gasteiger partial charge in [-0.1, -0.05) is 25.3 Å². The van der Waals surface area contributed by atoms with Crippen molar-refractivity contribution in [3.05, 3.63) is 49.5 Å². The fraction of sp³-hybridized carbons (Fsp3) is 0.368. The maximum atomic E-state index is 5.90. The molecular weight excluding hydrogens is 320 g/mol. The zero-order chi connectivity index (χ0) is 16.7. The maximum absolute atomic E-state index is 5.90. The van der Waals surface area contributed by atoms with Gasteiger partial charge in [0.15, 0.2) is 0 Å². The summed E-state index contributed by atoms with van der Waals surface area (Å²) in [5.74, 6) is 6.34. The van der Waals surface area contributed by atoms with E-state index >= 15 is 0 Å². The Morgan fingerprint density at radius 3 is 2.87 bits per heavy atom. The van der Waals surface area contributed by atoms with E-state index in [1.54, 1.807) is 17.5 Å². The molecule has 0 aromatic carbocycles. The molecule has 2 rings (SSSR count). The first-order valence-electron chi connectivity index (χ1n) is 7.94. The number of nitrogens with two attached hydrogens (primary N) is 1. The second-order valence-electron chi connectivity index (χ2n) is 5.35. The topological polar surface area (TPSA) is 38.0 Å². The summed E-state index contributed by atoms with van der Waals surface area (Å²) in [6, 6.07) is 4.20. The van der Waals surface area contributed by atoms with Crippen LogP contribution in [0.1, 0.15) is 52.4 Å². The van der Waals surface area contributed by atoms with Gasteiger partial charge in [0.05, 0.1) is 10.6 Å². The molecule has 0 saturated heterocycles. The normalized spacial score (nSPS) is 11.2. The number of hydrogen-bond donors (Lipinski definition) is 2. The number of hydrogen-bond acceptors (Lipinski definition) is 4. The van der Waals surface area contributed by atoms with E-state index in [0.29, 0.717) is 0 Å². The second kappa shape index (κ2) is 8.81. The molecule has 2 aromatic heterocycles. The van der Waals surface area contributed by atoms with Gasteiger partial charge >= 0.3 is 0 Å². The molecule has 0 fully saturated rings. The lowest BCUT2D eigenvalue weighted by Gasteiger charge is -2.09. The molecule has 0 amide bonds. The summed E-state index contributed by atoms with van der Waals surface area (Å²) in [5.41, 5.74) is 9.33. The lowest BCUT2D eigenvalue weighted by molar-refractivity contribution is 0.803. The number of nitrogens with one attached hydrogen (secondary N) is 1. The molecule has 0 aliphatic rings. The number of aryl methyl sites for hydroxylation is 1. The Balaban J connectivity index is 2.26. The van der Waals surface area contributed by atoms with Crippen molar-refractivity contribution >= 4 is 28.4 Å². The van der Waals surface area contributed by atoms with Crippen molar-refractivity contribution in [1.82, 2.24) is 5.32 Å². The molecule has 23 heavy (non-hydrogen) atoms. The molecule has 0 saturated carbocycles. The van der Waals surface area contributed by atoms with Crippen LogP contribution in [0.3, 0.4) is 0 Å². The van der Waals surface area contributed by atoms with E-state index in [0.717, 1.165) is 18.7 Å². The van der Waals surface area contributed by atoms with E-state index in [2.05, 4.69) is 48.5 Å². The minimum absolute atomic E-state index is 0.803. The van der Waals surface area contributed by atoms with Crippen LogP contribution in [0.2, 0.25) is 0 Å². The molecule has 0 aliphatic carbocycles. The highest BCUT2D eigenvalue weighted by Crippen LogP contribution is 2.33. The van der Waals surface area contributed by atoms with E-state index in [1.165, 1.54) is 38.6 Å². The Labute approximate surface area is 147 Å². The molecule has 0 aliphatic heterocycles. The molecule has 4 heteroatoms. The Hall–Kier alpha value is -1.70. The van der Waals surface area contributed by atoms with Gasteiger partial charge in [-0.3, -0.25) is 0 Å². The van der Waals surface area contributed by atoms with Gasteiger partial charge < -0.3 is 11.1 Å². The van der Waals surface area contributed by atoms with Crippen LogP contribution in [0, 0.1) is 18.8 Å². The molecule has 0 radical (unpaired) electrons. The summed E-state index contributed by atoms with van der Waals surface area (Å²) in [7, 11) is 0. The number of thiophene rings is 2. The zero-order valence-electron chi connectivity index (χ0n) is 14.0. The number of unbranched alkanes of at least 4 members (excludes halogenated alkanes) is 1. The second-order valence-corrected chi connectivity index (χ2v) is 7.48. The van der Waals surface area contributed by atoms with Crippen LogP contribution in [0.25, 0.3) is 5.70 Å². The van der Waals surface area contributed by atoms with E-state index < -0.39 is 0 Å². The predicted octanol–water partition coefficient (Wildman–Crippen LogP) is 4.88. The monoisotopic (exact) mass is 344 g/mol. The molecule has 0 spiro atoms. The third-order valence-corrected chi connectivity index (χ3v) is 5.93. The zero-order valence-corrected chi connectivity index (χ0v) is 15.7. The fourth-order valence-electron chi connectivity index (χ4n) is 2.44. The first kappa shape index (κ1) is 17.7. The third-order valence-electron chi connectivity index (χ3n) is 3.67. The van der Waals surface area contributed by atoms with Crippen LogP contribution in [-0.4, -0.2) is 0 Å². The van der Waals surface area contributed by atoms with Gasteiger partial charge in [0, 0.05) is 28.1 Å². The molecule has 122 valence electrons. The van der Waals surface area contributed by atoms with Crippen molar-refractivity contribution in [3.63, 3.8) is 0 Å². The van der Waals surface area contributed by atoms with Crippen LogP contribution >= 0.6 is 22.7 Å². The van der Waals surface area contributed by atoms with Gasteiger partial charge in [-0.25, -0.2) is 0 Å². The van der Waals surface area contributed by atoms with Crippen LogP contribution in [0.4, 0.5) is 0 Å². The van der Waals surface area contributed by atoms with Gasteiger partial charge in [0.1, 0.15) is 0 Å². The Bertz CT molecular complexity index is 713. The molecule has 0 bridgehead atoms. The van der Waals surface area contributed by atoms with Crippen LogP contribution in [0.15, 0.2) is 23.7 Å². The minimum atomic E-state index is 0.803. The lowest BCUT2D eigenvalue weighted by Crippen LogP contribution is -2.12. The highest BCUT2D eigenvalue weighted by atomic mass is 32.1. The van der Waals surface area contributed by atoms with Crippen molar-refractivity contribution in [2.24, 2.45) is 5.73 Å². The van der Waals surface area contributed by atoms with Crippen LogP contribution in [0.5, 0.6) is 0 Å². The van der Waals surface area contributed by atoms with Gasteiger partial charge in [-0.05, 0) is 43.7 Å². The molecular formula is C19H24N2S2. The Morgan fingerprint density at radius 2 is 2.26 bits per heavy atom. The molecule has 0 unspecified atom stereocenters. The molecule has 2 nitrogen and oxygen atoms in total. The average molecular weight is 345 g/mol. The molecule has 0 atom stereocenters. The highest BCUT2D eigenvalue weighted by Gasteiger charge is 2.16. The number of rotatable bonds is 7. The summed E-state index contributed by atoms with van der Waals surface area (Å²) in [6.45, 7) is 7.07. The molecule has 3 N–H and O–H groups in total. The summed E-state index contributed by atoms with van der Waals surface area (Å²) in [6.07, 6.45) is 5.16. The minimum Gasteiger partial charge on any atom is -0.403 e. The largest absolute Gasteiger partial charge is 0.403 e. The van der Waals surface area contributed by atoms with E-state index in [9.17, 15) is 0 Å². The van der Waals surface area contributed by atoms with Crippen molar-refractivity contribution in [1.29, 1.82) is 0 Å². The SMILES string of the molecule is CC#Cc1c(CCCC)sc(/C(=C\N)NCc2cccs2)c1C. The smallest absolute Gasteiger partial charge is 0.0678 e. The van der Waals surface area contributed by atoms with Gasteiger partial charge in [0.25, 0.3) is 0 Å². The predicted molar refractivity (Wildman–Crippen MR) is 104 cm³/mol. The van der Waals surface area contributed by atoms with Crippen LogP contribution < -0.4 is 11.1 Å². The summed E-state index contributed by atoms with van der Waals surface area (Å²) < 4.78 is 0. The van der Waals surface area contributed by atoms with E-state index in [4.69, 9.17) is 5.73 Å². The van der Waals surface area contributed by atoms with Crippen molar-refractivity contribution in [2.75, 3.05) is 0 Å². The van der Waals surface area contributed by atoms with Crippen molar-refractivity contribution in [2.45, 2.75) is 46.6 Å². The standard InChI is InChI=1S/C19H24N2S2/c1-4-6-10-18-16(8-5-2)14(3)19(23-18)17(12-20)21-13-15-9-7-11-22-15/h7,9,11-12,21H,4,6,10,13,20H2,1-3H3/b17-12+. The Morgan fingerprint density at radius 1 is 1.43 bits per heavy atom. The molecule has 2 aromatic rings. The maximum Gasteiger partial charge on any atom is 0.0678 e. The first-order valence-corrected chi connectivity index (χ1v) is 9.64. The third kappa shape index (κ3) is 4.40. The molecule has 2 heterocycles. The quantitative estimate of drug-likeness (QED) is 0.703. The fourth-order valence-corrected chi connectivity index (χ4v) is 4.39. The van der Waals surface area contributed by atoms with Gasteiger partial charge in [-0.2, -0.15) is 0 Å². The van der Waals surface area contributed by atoms with E-state index in [1.807, 2.05) is 18.3 Å². The van der Waals surface area contributed by atoms with Crippen molar-refractivity contribution in [3.8, 4) is 11.8 Å².